The van der Waals surface area contributed by atoms with Gasteiger partial charge in [0, 0.05) is 25.3 Å². The molecular weight excluding hydrogens is 208 g/mol. The summed E-state index contributed by atoms with van der Waals surface area (Å²) in [5.74, 6) is 0.612. The third-order valence-corrected chi connectivity index (χ3v) is 3.77. The SMILES string of the molecule is CC1CC=C2CNCCn3c(Cl)cc1c32. The van der Waals surface area contributed by atoms with Crippen LogP contribution in [0.2, 0.25) is 5.15 Å². The highest BCUT2D eigenvalue weighted by Gasteiger charge is 2.25. The molecule has 0 aromatic carbocycles. The van der Waals surface area contributed by atoms with Crippen molar-refractivity contribution in [1.29, 1.82) is 0 Å². The molecule has 0 fully saturated rings. The van der Waals surface area contributed by atoms with Gasteiger partial charge in [0.2, 0.25) is 0 Å². The van der Waals surface area contributed by atoms with Crippen LogP contribution in [0.15, 0.2) is 12.1 Å². The number of hydrogen-bond acceptors (Lipinski definition) is 1. The second-order valence-corrected chi connectivity index (χ2v) is 4.85. The van der Waals surface area contributed by atoms with E-state index in [0.717, 1.165) is 31.2 Å². The summed E-state index contributed by atoms with van der Waals surface area (Å²) < 4.78 is 2.25. The van der Waals surface area contributed by atoms with E-state index in [9.17, 15) is 0 Å². The van der Waals surface area contributed by atoms with Crippen molar-refractivity contribution in [3.63, 3.8) is 0 Å². The monoisotopic (exact) mass is 222 g/mol. The fraction of sp³-hybridized carbons (Fsp3) is 0.500. The highest BCUT2D eigenvalue weighted by molar-refractivity contribution is 6.30. The van der Waals surface area contributed by atoms with E-state index in [-0.39, 0.29) is 0 Å². The Balaban J connectivity index is 2.23. The van der Waals surface area contributed by atoms with Crippen LogP contribution in [0.3, 0.4) is 0 Å². The zero-order valence-corrected chi connectivity index (χ0v) is 9.64. The molecule has 3 heteroatoms. The Kier molecular flexibility index (Phi) is 2.15. The summed E-state index contributed by atoms with van der Waals surface area (Å²) in [6.07, 6.45) is 3.50. The lowest BCUT2D eigenvalue weighted by Crippen LogP contribution is -2.17. The molecule has 1 aliphatic heterocycles. The summed E-state index contributed by atoms with van der Waals surface area (Å²) in [5, 5.41) is 4.33. The second kappa shape index (κ2) is 3.39. The summed E-state index contributed by atoms with van der Waals surface area (Å²) in [6.45, 7) is 5.25. The maximum atomic E-state index is 6.28. The second-order valence-electron chi connectivity index (χ2n) is 4.47. The van der Waals surface area contributed by atoms with Crippen LogP contribution in [0.5, 0.6) is 0 Å². The molecule has 0 amide bonds. The van der Waals surface area contributed by atoms with Crippen LogP contribution in [0.4, 0.5) is 0 Å². The molecule has 15 heavy (non-hydrogen) atoms. The van der Waals surface area contributed by atoms with E-state index in [1.54, 1.807) is 0 Å². The van der Waals surface area contributed by atoms with Crippen LogP contribution < -0.4 is 5.32 Å². The van der Waals surface area contributed by atoms with Crippen LogP contribution in [0.1, 0.15) is 30.5 Å². The van der Waals surface area contributed by atoms with Crippen LogP contribution in [0.25, 0.3) is 5.57 Å². The van der Waals surface area contributed by atoms with Gasteiger partial charge < -0.3 is 9.88 Å². The lowest BCUT2D eigenvalue weighted by molar-refractivity contribution is 0.649. The van der Waals surface area contributed by atoms with Crippen molar-refractivity contribution in [2.75, 3.05) is 13.1 Å². The zero-order valence-electron chi connectivity index (χ0n) is 8.89. The molecule has 1 aliphatic carbocycles. The number of halogens is 1. The molecule has 1 aromatic rings. The number of nitrogens with one attached hydrogen (secondary N) is 1. The minimum atomic E-state index is 0.612. The van der Waals surface area contributed by atoms with Crippen molar-refractivity contribution >= 4 is 17.2 Å². The van der Waals surface area contributed by atoms with Gasteiger partial charge in [0.1, 0.15) is 5.15 Å². The Morgan fingerprint density at radius 1 is 1.53 bits per heavy atom. The minimum absolute atomic E-state index is 0.612. The predicted molar refractivity (Wildman–Crippen MR) is 63.3 cm³/mol. The molecule has 2 nitrogen and oxygen atoms in total. The molecule has 0 radical (unpaired) electrons. The molecule has 3 rings (SSSR count). The number of rotatable bonds is 0. The van der Waals surface area contributed by atoms with Gasteiger partial charge in [0.25, 0.3) is 0 Å². The zero-order chi connectivity index (χ0) is 10.4. The quantitative estimate of drug-likeness (QED) is 0.714. The standard InChI is InChI=1S/C12H15ClN2/c1-8-2-3-9-7-14-4-5-15-11(13)6-10(8)12(9)15/h3,6,8,14H,2,4-5,7H2,1H3. The third kappa shape index (κ3) is 1.35. The molecule has 2 aliphatic rings. The van der Waals surface area contributed by atoms with Gasteiger partial charge in [-0.15, -0.1) is 0 Å². The van der Waals surface area contributed by atoms with Crippen molar-refractivity contribution in [3.05, 3.63) is 28.6 Å². The van der Waals surface area contributed by atoms with E-state index in [0.29, 0.717) is 5.92 Å². The van der Waals surface area contributed by atoms with Crippen molar-refractivity contribution in [2.45, 2.75) is 25.8 Å². The fourth-order valence-electron chi connectivity index (χ4n) is 2.60. The lowest BCUT2D eigenvalue weighted by Gasteiger charge is -2.20. The van der Waals surface area contributed by atoms with Gasteiger partial charge in [-0.25, -0.2) is 0 Å². The molecule has 1 unspecified atom stereocenters. The largest absolute Gasteiger partial charge is 0.330 e. The first kappa shape index (κ1) is 9.49. The summed E-state index contributed by atoms with van der Waals surface area (Å²) in [4.78, 5) is 0. The Morgan fingerprint density at radius 3 is 3.27 bits per heavy atom. The molecule has 0 saturated carbocycles. The normalized spacial score (nSPS) is 24.4. The predicted octanol–water partition coefficient (Wildman–Crippen LogP) is 2.64. The molecule has 0 saturated heterocycles. The highest BCUT2D eigenvalue weighted by atomic mass is 35.5. The van der Waals surface area contributed by atoms with Crippen molar-refractivity contribution < 1.29 is 0 Å². The first-order valence-corrected chi connectivity index (χ1v) is 5.94. The smallest absolute Gasteiger partial charge is 0.109 e. The Morgan fingerprint density at radius 2 is 2.40 bits per heavy atom. The van der Waals surface area contributed by atoms with Crippen molar-refractivity contribution in [1.82, 2.24) is 9.88 Å². The lowest BCUT2D eigenvalue weighted by atomic mass is 9.89. The number of allylic oxidation sites excluding steroid dienone is 1. The maximum absolute atomic E-state index is 6.28. The molecule has 1 N–H and O–H groups in total. The van der Waals surface area contributed by atoms with Gasteiger partial charge >= 0.3 is 0 Å². The highest BCUT2D eigenvalue weighted by Crippen LogP contribution is 2.38. The summed E-state index contributed by atoms with van der Waals surface area (Å²) in [7, 11) is 0. The summed E-state index contributed by atoms with van der Waals surface area (Å²) in [6, 6.07) is 2.15. The molecular formula is C12H15ClN2. The molecule has 80 valence electrons. The van der Waals surface area contributed by atoms with E-state index in [2.05, 4.69) is 29.0 Å². The number of aromatic nitrogens is 1. The van der Waals surface area contributed by atoms with Gasteiger partial charge in [0.05, 0.1) is 0 Å². The Bertz CT molecular complexity index is 431. The molecule has 2 heterocycles. The molecule has 1 aromatic heterocycles. The Hall–Kier alpha value is -0.730. The summed E-state index contributed by atoms with van der Waals surface area (Å²) in [5.41, 5.74) is 4.23. The first-order chi connectivity index (χ1) is 7.27. The van der Waals surface area contributed by atoms with Crippen LogP contribution in [-0.2, 0) is 6.54 Å². The van der Waals surface area contributed by atoms with E-state index in [1.165, 1.54) is 16.8 Å². The average molecular weight is 223 g/mol. The number of nitrogens with zero attached hydrogens (tertiary/aromatic N) is 1. The summed E-state index contributed by atoms with van der Waals surface area (Å²) >= 11 is 6.28. The van der Waals surface area contributed by atoms with Gasteiger partial charge in [-0.3, -0.25) is 0 Å². The third-order valence-electron chi connectivity index (χ3n) is 3.46. The van der Waals surface area contributed by atoms with E-state index in [1.807, 2.05) is 0 Å². The van der Waals surface area contributed by atoms with Crippen LogP contribution >= 0.6 is 11.6 Å². The van der Waals surface area contributed by atoms with Crippen molar-refractivity contribution in [3.8, 4) is 0 Å². The fourth-order valence-corrected chi connectivity index (χ4v) is 2.89. The number of hydrogen-bond donors (Lipinski definition) is 1. The van der Waals surface area contributed by atoms with E-state index < -0.39 is 0 Å². The van der Waals surface area contributed by atoms with Crippen LogP contribution in [0, 0.1) is 0 Å². The minimum Gasteiger partial charge on any atom is -0.330 e. The van der Waals surface area contributed by atoms with Gasteiger partial charge in [-0.1, -0.05) is 24.6 Å². The molecule has 1 atom stereocenters. The molecule has 0 spiro atoms. The van der Waals surface area contributed by atoms with Gasteiger partial charge in [-0.2, -0.15) is 0 Å². The maximum Gasteiger partial charge on any atom is 0.109 e. The van der Waals surface area contributed by atoms with Gasteiger partial charge in [-0.05, 0) is 29.5 Å². The van der Waals surface area contributed by atoms with E-state index >= 15 is 0 Å². The van der Waals surface area contributed by atoms with Crippen molar-refractivity contribution in [2.24, 2.45) is 0 Å². The first-order valence-electron chi connectivity index (χ1n) is 5.56. The average Bonchev–Trinajstić information content (AvgIpc) is 2.45. The molecule has 0 bridgehead atoms. The van der Waals surface area contributed by atoms with Gasteiger partial charge in [0.15, 0.2) is 0 Å². The topological polar surface area (TPSA) is 17.0 Å². The van der Waals surface area contributed by atoms with E-state index in [4.69, 9.17) is 11.6 Å². The van der Waals surface area contributed by atoms with Crippen LogP contribution in [-0.4, -0.2) is 17.7 Å². The Labute approximate surface area is 94.9 Å².